The molecular formula is C24H21N7O2. The minimum Gasteiger partial charge on any atom is -0.443 e. The van der Waals surface area contributed by atoms with E-state index in [9.17, 15) is 15.3 Å². The number of nitrogen functional groups attached to an aromatic ring is 1. The van der Waals surface area contributed by atoms with Crippen LogP contribution in [0.3, 0.4) is 0 Å². The maximum atomic E-state index is 12.8. The van der Waals surface area contributed by atoms with Crippen molar-refractivity contribution in [3.63, 3.8) is 0 Å². The second-order valence-electron chi connectivity index (χ2n) is 7.34. The molecule has 1 aromatic carbocycles. The van der Waals surface area contributed by atoms with Crippen molar-refractivity contribution in [2.75, 3.05) is 12.3 Å². The number of nitrogens with two attached hydrogens (primary N) is 1. The van der Waals surface area contributed by atoms with Gasteiger partial charge in [-0.25, -0.2) is 4.68 Å². The number of rotatable bonds is 7. The first-order valence-corrected chi connectivity index (χ1v) is 10.3. The van der Waals surface area contributed by atoms with Gasteiger partial charge in [0.2, 0.25) is 5.88 Å². The zero-order valence-electron chi connectivity index (χ0n) is 17.9. The van der Waals surface area contributed by atoms with E-state index in [2.05, 4.69) is 22.6 Å². The molecule has 0 fully saturated rings. The molecule has 0 unspecified atom stereocenters. The fourth-order valence-corrected chi connectivity index (χ4v) is 3.65. The monoisotopic (exact) mass is 439 g/mol. The Kier molecular flexibility index (Phi) is 5.96. The summed E-state index contributed by atoms with van der Waals surface area (Å²) in [5, 5.41) is 26.5. The molecule has 0 aliphatic carbocycles. The van der Waals surface area contributed by atoms with Gasteiger partial charge in [0.15, 0.2) is 0 Å². The Labute approximate surface area is 190 Å². The van der Waals surface area contributed by atoms with Crippen molar-refractivity contribution in [3.05, 3.63) is 83.0 Å². The smallest absolute Gasteiger partial charge is 0.256 e. The molecule has 0 atom stereocenters. The van der Waals surface area contributed by atoms with Gasteiger partial charge < -0.3 is 15.5 Å². The number of para-hydroxylation sites is 1. The summed E-state index contributed by atoms with van der Waals surface area (Å²) in [7, 11) is 0. The molecule has 0 saturated heterocycles. The summed E-state index contributed by atoms with van der Waals surface area (Å²) in [6, 6.07) is 17.1. The van der Waals surface area contributed by atoms with Crippen LogP contribution in [0.25, 0.3) is 11.6 Å². The quantitative estimate of drug-likeness (QED) is 0.424. The van der Waals surface area contributed by atoms with Crippen LogP contribution >= 0.6 is 0 Å². The molecule has 3 heterocycles. The zero-order valence-corrected chi connectivity index (χ0v) is 17.9. The third-order valence-corrected chi connectivity index (χ3v) is 5.23. The SMILES string of the molecule is Cc1oc(-n2cccc2)c(C#N)c1C(=O)NCCCc1nn(-c2ccccc2)c(N)c1C#N. The number of anilines is 1. The first-order chi connectivity index (χ1) is 16.0. The molecule has 0 aliphatic rings. The van der Waals surface area contributed by atoms with Gasteiger partial charge in [-0.15, -0.1) is 0 Å². The molecule has 3 N–H and O–H groups in total. The molecule has 0 radical (unpaired) electrons. The second kappa shape index (κ2) is 9.16. The van der Waals surface area contributed by atoms with Gasteiger partial charge in [-0.05, 0) is 44.0 Å². The average Bonchev–Trinajstić information content (AvgIpc) is 3.54. The molecule has 3 aromatic heterocycles. The summed E-state index contributed by atoms with van der Waals surface area (Å²) >= 11 is 0. The highest BCUT2D eigenvalue weighted by molar-refractivity contribution is 5.98. The van der Waals surface area contributed by atoms with Crippen molar-refractivity contribution in [2.45, 2.75) is 19.8 Å². The van der Waals surface area contributed by atoms with E-state index in [1.807, 2.05) is 30.3 Å². The van der Waals surface area contributed by atoms with Crippen LogP contribution in [0, 0.1) is 29.6 Å². The average molecular weight is 439 g/mol. The number of benzene rings is 1. The van der Waals surface area contributed by atoms with Gasteiger partial charge in [-0.2, -0.15) is 15.6 Å². The predicted molar refractivity (Wildman–Crippen MR) is 121 cm³/mol. The minimum atomic E-state index is -0.388. The topological polar surface area (TPSA) is 139 Å². The molecule has 9 nitrogen and oxygen atoms in total. The number of carbonyl (C=O) groups is 1. The highest BCUT2D eigenvalue weighted by atomic mass is 16.4. The van der Waals surface area contributed by atoms with Gasteiger partial charge in [-0.1, -0.05) is 18.2 Å². The highest BCUT2D eigenvalue weighted by Gasteiger charge is 2.24. The number of carbonyl (C=O) groups excluding carboxylic acids is 1. The molecule has 0 spiro atoms. The van der Waals surface area contributed by atoms with Crippen LogP contribution in [0.1, 0.15) is 39.4 Å². The Bertz CT molecular complexity index is 1370. The lowest BCUT2D eigenvalue weighted by atomic mass is 10.1. The van der Waals surface area contributed by atoms with E-state index in [0.717, 1.165) is 5.69 Å². The van der Waals surface area contributed by atoms with Crippen molar-refractivity contribution in [1.82, 2.24) is 19.7 Å². The van der Waals surface area contributed by atoms with Crippen molar-refractivity contribution >= 4 is 11.7 Å². The molecule has 4 aromatic rings. The first kappa shape index (κ1) is 21.5. The lowest BCUT2D eigenvalue weighted by Gasteiger charge is -2.04. The van der Waals surface area contributed by atoms with E-state index in [0.29, 0.717) is 42.3 Å². The Morgan fingerprint density at radius 2 is 1.82 bits per heavy atom. The third kappa shape index (κ3) is 4.08. The number of nitrogens with zero attached hydrogens (tertiary/aromatic N) is 5. The molecular weight excluding hydrogens is 418 g/mol. The van der Waals surface area contributed by atoms with E-state index in [1.54, 1.807) is 40.7 Å². The second-order valence-corrected chi connectivity index (χ2v) is 7.34. The fraction of sp³-hybridized carbons (Fsp3) is 0.167. The Morgan fingerprint density at radius 1 is 1.12 bits per heavy atom. The summed E-state index contributed by atoms with van der Waals surface area (Å²) in [4.78, 5) is 12.8. The van der Waals surface area contributed by atoms with Gasteiger partial charge in [-0.3, -0.25) is 9.36 Å². The Hall–Kier alpha value is -4.76. The highest BCUT2D eigenvalue weighted by Crippen LogP contribution is 2.25. The molecule has 9 heteroatoms. The number of furan rings is 1. The number of aryl methyl sites for hydroxylation is 2. The van der Waals surface area contributed by atoms with Crippen LogP contribution in [-0.4, -0.2) is 26.8 Å². The van der Waals surface area contributed by atoms with E-state index in [4.69, 9.17) is 10.2 Å². The van der Waals surface area contributed by atoms with Gasteiger partial charge in [0, 0.05) is 18.9 Å². The minimum absolute atomic E-state index is 0.183. The van der Waals surface area contributed by atoms with Crippen molar-refractivity contribution in [3.8, 4) is 23.7 Å². The van der Waals surface area contributed by atoms with E-state index < -0.39 is 0 Å². The molecule has 1 amide bonds. The molecule has 4 rings (SSSR count). The Morgan fingerprint density at radius 3 is 2.48 bits per heavy atom. The zero-order chi connectivity index (χ0) is 23.4. The molecule has 164 valence electrons. The summed E-state index contributed by atoms with van der Waals surface area (Å²) in [6.07, 6.45) is 4.48. The van der Waals surface area contributed by atoms with Crippen LogP contribution in [0.5, 0.6) is 0 Å². The van der Waals surface area contributed by atoms with Gasteiger partial charge in [0.05, 0.1) is 11.4 Å². The number of nitrogens with one attached hydrogen (secondary N) is 1. The van der Waals surface area contributed by atoms with Crippen LogP contribution in [0.2, 0.25) is 0 Å². The van der Waals surface area contributed by atoms with E-state index in [1.165, 1.54) is 0 Å². The lowest BCUT2D eigenvalue weighted by Crippen LogP contribution is -2.26. The molecule has 0 saturated carbocycles. The largest absolute Gasteiger partial charge is 0.443 e. The van der Waals surface area contributed by atoms with Crippen LogP contribution < -0.4 is 11.1 Å². The van der Waals surface area contributed by atoms with E-state index >= 15 is 0 Å². The maximum Gasteiger partial charge on any atom is 0.256 e. The maximum absolute atomic E-state index is 12.8. The number of hydrogen-bond donors (Lipinski definition) is 2. The van der Waals surface area contributed by atoms with Gasteiger partial charge in [0.1, 0.15) is 40.4 Å². The number of amides is 1. The standard InChI is InChI=1S/C24H21N7O2/c1-16-21(19(15-26)24(33-16)30-12-5-6-13-30)23(32)28-11-7-10-20-18(14-25)22(27)31(29-20)17-8-3-2-4-9-17/h2-6,8-9,12-13H,7,10-11,27H2,1H3,(H,28,32). The van der Waals surface area contributed by atoms with Crippen molar-refractivity contribution < 1.29 is 9.21 Å². The predicted octanol–water partition coefficient (Wildman–Crippen LogP) is 3.25. The normalized spacial score (nSPS) is 10.5. The first-order valence-electron chi connectivity index (χ1n) is 10.3. The Balaban J connectivity index is 1.44. The van der Waals surface area contributed by atoms with Gasteiger partial charge >= 0.3 is 0 Å². The summed E-state index contributed by atoms with van der Waals surface area (Å²) in [5.74, 6) is 0.577. The number of nitriles is 2. The van der Waals surface area contributed by atoms with Crippen LogP contribution in [-0.2, 0) is 6.42 Å². The molecule has 0 aliphatic heterocycles. The number of hydrogen-bond acceptors (Lipinski definition) is 6. The van der Waals surface area contributed by atoms with Crippen molar-refractivity contribution in [2.24, 2.45) is 0 Å². The fourth-order valence-electron chi connectivity index (χ4n) is 3.65. The van der Waals surface area contributed by atoms with Crippen LogP contribution in [0.4, 0.5) is 5.82 Å². The third-order valence-electron chi connectivity index (χ3n) is 5.23. The number of aromatic nitrogens is 3. The van der Waals surface area contributed by atoms with Crippen LogP contribution in [0.15, 0.2) is 59.3 Å². The molecule has 0 bridgehead atoms. The van der Waals surface area contributed by atoms with E-state index in [-0.39, 0.29) is 22.9 Å². The molecule has 33 heavy (non-hydrogen) atoms. The lowest BCUT2D eigenvalue weighted by molar-refractivity contribution is 0.0951. The summed E-state index contributed by atoms with van der Waals surface area (Å²) in [5.41, 5.74) is 8.20. The summed E-state index contributed by atoms with van der Waals surface area (Å²) in [6.45, 7) is 1.98. The summed E-state index contributed by atoms with van der Waals surface area (Å²) < 4.78 is 8.88. The van der Waals surface area contributed by atoms with Crippen molar-refractivity contribution in [1.29, 1.82) is 10.5 Å². The van der Waals surface area contributed by atoms with Gasteiger partial charge in [0.25, 0.3) is 5.91 Å².